The van der Waals surface area contributed by atoms with Gasteiger partial charge < -0.3 is 116 Å². The molecule has 2 saturated heterocycles. The summed E-state index contributed by atoms with van der Waals surface area (Å²) in [6, 6.07) is 0.935. The molecule has 0 aromatic rings. The summed E-state index contributed by atoms with van der Waals surface area (Å²) in [5.41, 5.74) is 5.45. The molecule has 0 aromatic carbocycles. The van der Waals surface area contributed by atoms with Crippen molar-refractivity contribution < 1.29 is 343 Å². The molecular formula is C41H101BN10NaO19P16S5Y7-14. The molecule has 0 bridgehead atoms. The summed E-state index contributed by atoms with van der Waals surface area (Å²) in [5, 5.41) is 46.2. The zero-order chi connectivity index (χ0) is 71.9. The van der Waals surface area contributed by atoms with Crippen LogP contribution in [0.25, 0.3) is 35.6 Å². The fourth-order valence-electron chi connectivity index (χ4n) is 5.83. The van der Waals surface area contributed by atoms with Crippen molar-refractivity contribution in [2.45, 2.75) is 43.4 Å². The standard InChI is InChI=1S/2C7H17NO6P2S2.C6H16N2O3P2S.C6H11NO2P2.2C5H13N2P3.C5H13NO2P2.B.Na.7Y.H/c2*1-6(14-18(3,11)12)7(4-8-16-15)5-13-17(2,9)10;1-5(11-14(2,9)10)6(3-7)4-8-13-12;1-4(8)6(5(2)9)3-7-11-10;2*1-4-5(2-6-10-9)3-7(4)8;1-4(8)5(3-7)2-6-10-9;;;;;;;;;;/h2*6-7,16H,1,4-5,15H2,2-3H3;5-6,13H,1,3-4,7,12H2,2H3;6,11H,1,3,10H2,2H3;2*4-5,10H,1-3,8-9H2;4-5,7-8,10H,1-3,9H2;;;;;;;;;;/q7*-2;;+1;;;;;;;;-1. The van der Waals surface area contributed by atoms with Crippen LogP contribution in [0.4, 0.5) is 0 Å². The van der Waals surface area contributed by atoms with Gasteiger partial charge in [-0.3, -0.25) is 25.7 Å². The molecule has 0 saturated carbocycles. The number of hydrogen-bond donors (Lipinski definition) is 3. The summed E-state index contributed by atoms with van der Waals surface area (Å²) < 4.78 is 137. The number of aliphatic hydroxyl groups excluding tert-OH is 2. The van der Waals surface area contributed by atoms with Crippen LogP contribution in [0.2, 0.25) is 0 Å². The maximum Gasteiger partial charge on any atom is 1.00 e. The van der Waals surface area contributed by atoms with Crippen molar-refractivity contribution >= 4 is 211 Å². The van der Waals surface area contributed by atoms with E-state index in [9.17, 15) is 51.7 Å². The molecule has 0 aliphatic carbocycles. The Morgan fingerprint density at radius 3 is 0.960 bits per heavy atom. The fraction of sp³-hybridized carbons (Fsp3) is 0.780. The van der Waals surface area contributed by atoms with Crippen LogP contribution >= 0.6 is 140 Å². The van der Waals surface area contributed by atoms with E-state index in [4.69, 9.17) is 20.1 Å². The third kappa shape index (κ3) is 94.2. The second kappa shape index (κ2) is 87.8. The predicted molar refractivity (Wildman–Crippen MR) is 432 cm³/mol. The summed E-state index contributed by atoms with van der Waals surface area (Å²) in [6.07, 6.45) is 1.33. The maximum atomic E-state index is 11.0. The summed E-state index contributed by atoms with van der Waals surface area (Å²) in [6.45, 7) is 32.4. The molecule has 578 valence electrons. The molecule has 0 aromatic heterocycles. The van der Waals surface area contributed by atoms with Gasteiger partial charge in [0.2, 0.25) is 0 Å². The average Bonchev–Trinajstić information content (AvgIpc) is 0.849. The van der Waals surface area contributed by atoms with Crippen LogP contribution in [-0.4, -0.2) is 235 Å². The quantitative estimate of drug-likeness (QED) is 0.0259. The smallest absolute Gasteiger partial charge is 1.00 e. The zero-order valence-corrected chi connectivity index (χ0v) is 101. The molecular weight excluding hydrogens is 2250 g/mol. The number of carbonyl (C=O) groups excluding carboxylic acids is 2. The normalized spacial score (nSPS) is 18.9. The first-order valence-electron chi connectivity index (χ1n) is 25.9. The van der Waals surface area contributed by atoms with Gasteiger partial charge in [-0.2, -0.15) is 42.1 Å². The molecule has 29 nitrogen and oxygen atoms in total. The molecule has 0 spiro atoms. The minimum absolute atomic E-state index is 0. The van der Waals surface area contributed by atoms with Gasteiger partial charge in [-0.25, -0.2) is 58.9 Å². The molecule has 59 heteroatoms. The number of rotatable bonds is 41. The Bertz CT molecular complexity index is 2390. The van der Waals surface area contributed by atoms with Crippen LogP contribution in [0.15, 0.2) is 0 Å². The van der Waals surface area contributed by atoms with Gasteiger partial charge in [0.05, 0.1) is 44.5 Å². The molecule has 2 aliphatic rings. The maximum absolute atomic E-state index is 11.0. The van der Waals surface area contributed by atoms with Gasteiger partial charge in [0.15, 0.2) is 0 Å². The van der Waals surface area contributed by atoms with E-state index in [2.05, 4.69) is 191 Å². The van der Waals surface area contributed by atoms with Gasteiger partial charge in [0, 0.05) is 256 Å². The van der Waals surface area contributed by atoms with Crippen molar-refractivity contribution in [2.75, 3.05) is 117 Å². The second-order valence-electron chi connectivity index (χ2n) is 19.0. The Hall–Kier alpha value is 14.0. The number of aliphatic hydroxyl groups is 2. The number of ketones is 2. The van der Waals surface area contributed by atoms with Gasteiger partial charge in [-0.05, 0) is 68.5 Å². The summed E-state index contributed by atoms with van der Waals surface area (Å²) in [4.78, 5) is 21.5. The SMILES string of the molecule is [B].[CH2-]C(=O)C(C[N-]PP)C(C)=O.[CH2-]C(O)C(CO)C[N-]PP.[CH2-]C(OS(C)(=O)=O)C(CN)C[N-]PP.[CH2-]C(OS(C)(=O)=O)C(C[N-]PP)COS(C)(=O)=O.[CH2-]C(OS(C)(=O)=O)C(C[N-]PP)COS(C)(=O)=O.[CH2-]C1C(C[N-]PP)CN1P.[CH2-]C1C(C[N-]PP)CN1P.[H-].[Na+].[Y].[Y].[Y].[Y].[Y].[Y].[Y]. The van der Waals surface area contributed by atoms with Crippen molar-refractivity contribution in [3.05, 3.63) is 84.1 Å². The van der Waals surface area contributed by atoms with Crippen LogP contribution < -0.4 is 35.3 Å². The minimum atomic E-state index is -3.66. The van der Waals surface area contributed by atoms with E-state index in [1.54, 1.807) is 0 Å². The van der Waals surface area contributed by atoms with E-state index in [0.29, 0.717) is 85.7 Å². The van der Waals surface area contributed by atoms with E-state index < -0.39 is 92.8 Å². The average molecular weight is 2350 g/mol. The fourth-order valence-corrected chi connectivity index (χ4v) is 14.1. The molecule has 4 N–H and O–H groups in total. The first kappa shape index (κ1) is 146. The van der Waals surface area contributed by atoms with Crippen LogP contribution in [0, 0.1) is 89.9 Å². The predicted octanol–water partition coefficient (Wildman–Crippen LogP) is 3.48. The van der Waals surface area contributed by atoms with E-state index in [-0.39, 0.29) is 348 Å². The Kier molecular flexibility index (Phi) is 128. The molecule has 29 atom stereocenters. The van der Waals surface area contributed by atoms with Gasteiger partial charge in [-0.15, -0.1) is 120 Å². The van der Waals surface area contributed by atoms with Gasteiger partial charge >= 0.3 is 29.6 Å². The van der Waals surface area contributed by atoms with Crippen molar-refractivity contribution in [1.29, 1.82) is 0 Å². The van der Waals surface area contributed by atoms with Crippen molar-refractivity contribution in [3.63, 3.8) is 0 Å². The second-order valence-corrected chi connectivity index (χ2v) is 37.8. The van der Waals surface area contributed by atoms with Crippen LogP contribution in [0.1, 0.15) is 8.35 Å². The van der Waals surface area contributed by atoms with Crippen LogP contribution in [0.3, 0.4) is 0 Å². The largest absolute Gasteiger partial charge is 1.00 e. The van der Waals surface area contributed by atoms with Gasteiger partial charge in [0.1, 0.15) is 5.78 Å². The summed E-state index contributed by atoms with van der Waals surface area (Å²) in [7, 11) is 7.75. The first-order valence-corrected chi connectivity index (χ1v) is 55.3. The molecule has 2 fully saturated rings. The molecule has 100 heavy (non-hydrogen) atoms. The summed E-state index contributed by atoms with van der Waals surface area (Å²) >= 11 is 0. The number of nitrogens with two attached hydrogens (primary N) is 1. The van der Waals surface area contributed by atoms with Crippen molar-refractivity contribution in [2.24, 2.45) is 47.2 Å². The molecule has 2 rings (SSSR count). The van der Waals surface area contributed by atoms with Crippen molar-refractivity contribution in [1.82, 2.24) is 9.34 Å². The van der Waals surface area contributed by atoms with Gasteiger partial charge in [0.25, 0.3) is 50.6 Å². The number of carbonyl (C=O) groups is 2. The zero-order valence-electron chi connectivity index (χ0n) is 58.4. The molecule has 2 heterocycles. The Balaban J connectivity index is -0.0000000654. The van der Waals surface area contributed by atoms with Crippen molar-refractivity contribution in [3.8, 4) is 0 Å². The number of hydrogen-bond acceptors (Lipinski definition) is 22. The van der Waals surface area contributed by atoms with E-state index in [1.165, 1.54) is 6.92 Å². The molecule has 2 aliphatic heterocycles. The minimum Gasteiger partial charge on any atom is -1.00 e. The van der Waals surface area contributed by atoms with E-state index in [1.807, 2.05) is 0 Å². The van der Waals surface area contributed by atoms with Gasteiger partial charge in [-0.1, -0.05) is 36.7 Å². The Labute approximate surface area is 839 Å². The third-order valence-corrected chi connectivity index (χ3v) is 21.6. The number of Topliss-reactive ketones (excluding diaryl/α,β-unsaturated/α-hetero) is 2. The monoisotopic (exact) mass is 2350 g/mol. The van der Waals surface area contributed by atoms with E-state index >= 15 is 0 Å². The van der Waals surface area contributed by atoms with Crippen LogP contribution in [0.5, 0.6) is 0 Å². The molecule has 29 unspecified atom stereocenters. The Morgan fingerprint density at radius 2 is 0.770 bits per heavy atom. The van der Waals surface area contributed by atoms with E-state index in [0.717, 1.165) is 57.5 Å². The topological polar surface area (TPSA) is 423 Å². The third-order valence-electron chi connectivity index (χ3n) is 11.1. The number of nitrogens with zero attached hydrogens (tertiary/aromatic N) is 9. The Morgan fingerprint density at radius 1 is 0.520 bits per heavy atom. The summed E-state index contributed by atoms with van der Waals surface area (Å²) in [5.74, 6) is -1.18. The van der Waals surface area contributed by atoms with Crippen LogP contribution in [-0.2, 0) is 310 Å². The molecule has 0 amide bonds. The molecule has 10 radical (unpaired) electrons. The first-order chi connectivity index (χ1) is 41.8.